The van der Waals surface area contributed by atoms with Crippen LogP contribution in [0.25, 0.3) is 11.0 Å². The Morgan fingerprint density at radius 3 is 2.65 bits per heavy atom. The van der Waals surface area contributed by atoms with Crippen molar-refractivity contribution in [3.8, 4) is 11.5 Å². The molecule has 1 atom stereocenters. The number of aliphatic hydroxyl groups excluding tert-OH is 1. The van der Waals surface area contributed by atoms with Crippen LogP contribution in [0.3, 0.4) is 0 Å². The van der Waals surface area contributed by atoms with Crippen molar-refractivity contribution in [2.24, 2.45) is 0 Å². The fourth-order valence-electron chi connectivity index (χ4n) is 4.26. The number of hydrogen-bond donors (Lipinski definition) is 2. The lowest BCUT2D eigenvalue weighted by Gasteiger charge is -2.25. The summed E-state index contributed by atoms with van der Waals surface area (Å²) in [6.07, 6.45) is 0.360. The molecular formula is C24H25NO6. The number of aryl methyl sites for hydroxylation is 2. The van der Waals surface area contributed by atoms with Gasteiger partial charge < -0.3 is 24.3 Å². The number of phenolic OH excluding ortho intramolecular Hbond substituents is 1. The van der Waals surface area contributed by atoms with Crippen LogP contribution in [0.4, 0.5) is 0 Å². The Kier molecular flexibility index (Phi) is 5.45. The minimum Gasteiger partial charge on any atom is -0.504 e. The van der Waals surface area contributed by atoms with Gasteiger partial charge in [-0.15, -0.1) is 0 Å². The molecule has 1 aliphatic rings. The van der Waals surface area contributed by atoms with Gasteiger partial charge in [0.05, 0.1) is 23.6 Å². The smallest absolute Gasteiger partial charge is 0.290 e. The number of aromatic hydroxyl groups is 1. The number of benzene rings is 2. The Balaban J connectivity index is 1.98. The third kappa shape index (κ3) is 3.45. The molecule has 0 unspecified atom stereocenters. The highest BCUT2D eigenvalue weighted by Crippen LogP contribution is 2.41. The largest absolute Gasteiger partial charge is 0.504 e. The van der Waals surface area contributed by atoms with Crippen molar-refractivity contribution in [1.29, 1.82) is 0 Å². The van der Waals surface area contributed by atoms with Crippen molar-refractivity contribution in [3.63, 3.8) is 0 Å². The average molecular weight is 423 g/mol. The van der Waals surface area contributed by atoms with E-state index in [2.05, 4.69) is 0 Å². The van der Waals surface area contributed by atoms with Gasteiger partial charge in [-0.1, -0.05) is 12.1 Å². The van der Waals surface area contributed by atoms with Crippen molar-refractivity contribution < 1.29 is 24.2 Å². The zero-order valence-corrected chi connectivity index (χ0v) is 17.8. The number of phenols is 1. The summed E-state index contributed by atoms with van der Waals surface area (Å²) in [5, 5.41) is 19.9. The second kappa shape index (κ2) is 8.07. The minimum atomic E-state index is -0.699. The first-order chi connectivity index (χ1) is 14.9. The minimum absolute atomic E-state index is 0.0196. The molecule has 3 aromatic rings. The number of hydrogen-bond acceptors (Lipinski definition) is 6. The maximum absolute atomic E-state index is 13.6. The number of aliphatic hydroxyl groups is 1. The second-order valence-electron chi connectivity index (χ2n) is 7.77. The van der Waals surface area contributed by atoms with Gasteiger partial charge in [0.2, 0.25) is 5.76 Å². The van der Waals surface area contributed by atoms with Crippen LogP contribution < -0.4 is 10.2 Å². The molecule has 1 amide bonds. The van der Waals surface area contributed by atoms with E-state index in [0.29, 0.717) is 29.6 Å². The predicted molar refractivity (Wildman–Crippen MR) is 116 cm³/mol. The van der Waals surface area contributed by atoms with Gasteiger partial charge >= 0.3 is 0 Å². The highest BCUT2D eigenvalue weighted by Gasteiger charge is 2.42. The van der Waals surface area contributed by atoms with E-state index in [9.17, 15) is 19.8 Å². The van der Waals surface area contributed by atoms with Gasteiger partial charge in [-0.2, -0.15) is 0 Å². The maximum Gasteiger partial charge on any atom is 0.290 e. The molecule has 31 heavy (non-hydrogen) atoms. The predicted octanol–water partition coefficient (Wildman–Crippen LogP) is 3.44. The summed E-state index contributed by atoms with van der Waals surface area (Å²) in [5.74, 6) is -0.106. The summed E-state index contributed by atoms with van der Waals surface area (Å²) in [7, 11) is 0. The number of nitrogens with zero attached hydrogens (tertiary/aromatic N) is 1. The van der Waals surface area contributed by atoms with Crippen molar-refractivity contribution in [3.05, 3.63) is 68.6 Å². The summed E-state index contributed by atoms with van der Waals surface area (Å²) in [4.78, 5) is 28.4. The fourth-order valence-corrected chi connectivity index (χ4v) is 4.26. The van der Waals surface area contributed by atoms with E-state index >= 15 is 0 Å². The van der Waals surface area contributed by atoms with E-state index in [1.54, 1.807) is 25.1 Å². The van der Waals surface area contributed by atoms with Gasteiger partial charge in [0, 0.05) is 13.2 Å². The lowest BCUT2D eigenvalue weighted by atomic mass is 9.97. The quantitative estimate of drug-likeness (QED) is 0.630. The summed E-state index contributed by atoms with van der Waals surface area (Å²) in [6, 6.07) is 7.78. The fraction of sp³-hybridized carbons (Fsp3) is 0.333. The normalized spacial score (nSPS) is 15.5. The summed E-state index contributed by atoms with van der Waals surface area (Å²) < 4.78 is 11.5. The van der Waals surface area contributed by atoms with Crippen LogP contribution in [0, 0.1) is 13.8 Å². The van der Waals surface area contributed by atoms with E-state index in [1.807, 2.05) is 19.9 Å². The number of rotatable bonds is 6. The first-order valence-corrected chi connectivity index (χ1v) is 10.3. The molecule has 0 aliphatic carbocycles. The topological polar surface area (TPSA) is 100 Å². The number of carbonyl (C=O) groups is 1. The Bertz CT molecular complexity index is 1230. The number of carbonyl (C=O) groups excluding carboxylic acids is 1. The summed E-state index contributed by atoms with van der Waals surface area (Å²) in [5.41, 5.74) is 2.77. The van der Waals surface area contributed by atoms with Crippen LogP contribution in [0.15, 0.2) is 39.5 Å². The SMILES string of the molecule is CCOc1cc([C@H]2c3c(oc4c(C)cc(C)cc4c3=O)C(=O)N2CCCO)ccc1O. The molecule has 1 aromatic heterocycles. The van der Waals surface area contributed by atoms with Gasteiger partial charge in [0.25, 0.3) is 5.91 Å². The van der Waals surface area contributed by atoms with E-state index in [4.69, 9.17) is 9.15 Å². The Morgan fingerprint density at radius 1 is 1.16 bits per heavy atom. The van der Waals surface area contributed by atoms with Gasteiger partial charge in [-0.3, -0.25) is 9.59 Å². The first kappa shape index (κ1) is 20.9. The Morgan fingerprint density at radius 2 is 1.94 bits per heavy atom. The molecule has 7 nitrogen and oxygen atoms in total. The van der Waals surface area contributed by atoms with Gasteiger partial charge in [0.1, 0.15) is 5.58 Å². The highest BCUT2D eigenvalue weighted by atomic mass is 16.5. The van der Waals surface area contributed by atoms with Crippen LogP contribution >= 0.6 is 0 Å². The summed E-state index contributed by atoms with van der Waals surface area (Å²) >= 11 is 0. The van der Waals surface area contributed by atoms with Crippen LogP contribution in [-0.4, -0.2) is 40.8 Å². The number of amides is 1. The molecule has 0 spiro atoms. The van der Waals surface area contributed by atoms with E-state index in [0.717, 1.165) is 11.1 Å². The lowest BCUT2D eigenvalue weighted by molar-refractivity contribution is 0.0716. The third-order valence-electron chi connectivity index (χ3n) is 5.55. The molecule has 0 fully saturated rings. The van der Waals surface area contributed by atoms with Crippen molar-refractivity contribution in [2.75, 3.05) is 19.8 Å². The molecule has 7 heteroatoms. The maximum atomic E-state index is 13.6. The standard InChI is InChI=1S/C24H25NO6/c1-4-30-18-12-15(6-7-17(18)27)20-19-21(28)16-11-13(2)10-14(3)22(16)31-23(19)24(29)25(20)8-5-9-26/h6-7,10-12,20,26-27H,4-5,8-9H2,1-3H3/t20-/m0/s1. The average Bonchev–Trinajstić information content (AvgIpc) is 3.01. The van der Waals surface area contributed by atoms with E-state index < -0.39 is 11.9 Å². The molecule has 0 saturated heterocycles. The highest BCUT2D eigenvalue weighted by molar-refractivity contribution is 5.99. The van der Waals surface area contributed by atoms with E-state index in [1.165, 1.54) is 11.0 Å². The van der Waals surface area contributed by atoms with Gasteiger partial charge in [0.15, 0.2) is 16.9 Å². The molecule has 162 valence electrons. The summed E-state index contributed by atoms with van der Waals surface area (Å²) in [6.45, 7) is 6.08. The molecule has 2 aromatic carbocycles. The molecule has 2 heterocycles. The third-order valence-corrected chi connectivity index (χ3v) is 5.55. The Hall–Kier alpha value is -3.32. The van der Waals surface area contributed by atoms with Gasteiger partial charge in [-0.25, -0.2) is 0 Å². The zero-order valence-electron chi connectivity index (χ0n) is 17.8. The van der Waals surface area contributed by atoms with Crippen LogP contribution in [0.5, 0.6) is 11.5 Å². The van der Waals surface area contributed by atoms with Crippen LogP contribution in [0.1, 0.15) is 52.2 Å². The molecule has 0 radical (unpaired) electrons. The number of fused-ring (bicyclic) bond motifs is 2. The molecule has 2 N–H and O–H groups in total. The lowest BCUT2D eigenvalue weighted by Crippen LogP contribution is -2.31. The van der Waals surface area contributed by atoms with Gasteiger partial charge in [-0.05, 0) is 62.1 Å². The Labute approximate surface area is 179 Å². The van der Waals surface area contributed by atoms with Crippen LogP contribution in [-0.2, 0) is 0 Å². The van der Waals surface area contributed by atoms with Crippen LogP contribution in [0.2, 0.25) is 0 Å². The molecule has 0 bridgehead atoms. The molecule has 4 rings (SSSR count). The second-order valence-corrected chi connectivity index (χ2v) is 7.77. The van der Waals surface area contributed by atoms with Crippen molar-refractivity contribution >= 4 is 16.9 Å². The van der Waals surface area contributed by atoms with Crippen molar-refractivity contribution in [1.82, 2.24) is 4.90 Å². The molecule has 0 saturated carbocycles. The zero-order chi connectivity index (χ0) is 22.3. The molecular weight excluding hydrogens is 398 g/mol. The monoisotopic (exact) mass is 423 g/mol. The van der Waals surface area contributed by atoms with E-state index in [-0.39, 0.29) is 41.4 Å². The van der Waals surface area contributed by atoms with Crippen molar-refractivity contribution in [2.45, 2.75) is 33.2 Å². The first-order valence-electron chi connectivity index (χ1n) is 10.3. The number of ether oxygens (including phenoxy) is 1. The molecule has 1 aliphatic heterocycles.